The zero-order valence-electron chi connectivity index (χ0n) is 16.3. The third kappa shape index (κ3) is 4.99. The number of amides is 1. The van der Waals surface area contributed by atoms with E-state index in [1.54, 1.807) is 12.1 Å². The molecule has 0 fully saturated rings. The number of alkyl halides is 2. The van der Waals surface area contributed by atoms with Gasteiger partial charge in [-0.3, -0.25) is 10.1 Å². The number of halogens is 2. The van der Waals surface area contributed by atoms with Crippen LogP contribution in [0.15, 0.2) is 77.3 Å². The van der Waals surface area contributed by atoms with Crippen LogP contribution in [0.4, 0.5) is 19.6 Å². The first-order valence-corrected chi connectivity index (χ1v) is 11.0. The molecule has 0 bridgehead atoms. The first-order valence-electron chi connectivity index (χ1n) is 9.28. The summed E-state index contributed by atoms with van der Waals surface area (Å²) in [7, 11) is 0. The molecular formula is C23H14F2N4OS2. The van der Waals surface area contributed by atoms with Crippen LogP contribution < -0.4 is 5.32 Å². The van der Waals surface area contributed by atoms with Gasteiger partial charge in [0.15, 0.2) is 10.8 Å². The third-order valence-corrected chi connectivity index (χ3v) is 5.91. The number of pyridine rings is 1. The molecule has 4 rings (SSSR count). The van der Waals surface area contributed by atoms with Crippen LogP contribution >= 0.6 is 23.1 Å². The van der Waals surface area contributed by atoms with Crippen LogP contribution in [0, 0.1) is 6.57 Å². The van der Waals surface area contributed by atoms with Gasteiger partial charge in [-0.15, -0.1) is 11.3 Å². The first kappa shape index (κ1) is 21.6. The molecule has 158 valence electrons. The second-order valence-electron chi connectivity index (χ2n) is 6.47. The van der Waals surface area contributed by atoms with Crippen LogP contribution in [0.25, 0.3) is 27.2 Å². The van der Waals surface area contributed by atoms with Crippen molar-refractivity contribution in [3.05, 3.63) is 89.2 Å². The van der Waals surface area contributed by atoms with Crippen LogP contribution in [-0.4, -0.2) is 21.6 Å². The topological polar surface area (TPSA) is 59.2 Å². The number of nitrogens with one attached hydrogen (secondary N) is 1. The lowest BCUT2D eigenvalue weighted by molar-refractivity contribution is 0.102. The van der Waals surface area contributed by atoms with Gasteiger partial charge < -0.3 is 0 Å². The number of anilines is 1. The number of thiazole rings is 1. The molecule has 1 N–H and O–H groups in total. The van der Waals surface area contributed by atoms with Crippen molar-refractivity contribution in [3.8, 4) is 22.4 Å². The third-order valence-electron chi connectivity index (χ3n) is 4.43. The SMILES string of the molecule is [C-]#[N+]c1ccc(-c2cccc(-c3csc(NC(=O)c4cccnc4SC(F)F)n3)c2)cc1. The van der Waals surface area contributed by atoms with Crippen LogP contribution in [0.1, 0.15) is 10.4 Å². The molecular weight excluding hydrogens is 450 g/mol. The maximum atomic E-state index is 12.7. The number of aromatic nitrogens is 2. The zero-order valence-corrected chi connectivity index (χ0v) is 18.0. The number of carbonyl (C=O) groups is 1. The number of hydrogen-bond acceptors (Lipinski definition) is 5. The van der Waals surface area contributed by atoms with Crippen molar-refractivity contribution in [2.45, 2.75) is 10.8 Å². The van der Waals surface area contributed by atoms with Crippen molar-refractivity contribution in [1.29, 1.82) is 0 Å². The highest BCUT2D eigenvalue weighted by molar-refractivity contribution is 7.99. The summed E-state index contributed by atoms with van der Waals surface area (Å²) in [6.45, 7) is 7.06. The summed E-state index contributed by atoms with van der Waals surface area (Å²) in [5, 5.41) is 4.80. The molecule has 2 heterocycles. The summed E-state index contributed by atoms with van der Waals surface area (Å²) in [4.78, 5) is 24.3. The van der Waals surface area contributed by atoms with Gasteiger partial charge in [0.1, 0.15) is 5.03 Å². The van der Waals surface area contributed by atoms with Gasteiger partial charge in [0.2, 0.25) is 0 Å². The Labute approximate surface area is 191 Å². The van der Waals surface area contributed by atoms with Crippen molar-refractivity contribution in [3.63, 3.8) is 0 Å². The van der Waals surface area contributed by atoms with Crippen LogP contribution in [0.5, 0.6) is 0 Å². The molecule has 2 aromatic carbocycles. The van der Waals surface area contributed by atoms with Gasteiger partial charge in [-0.2, -0.15) is 8.78 Å². The summed E-state index contributed by atoms with van der Waals surface area (Å²) >= 11 is 1.47. The fraction of sp³-hybridized carbons (Fsp3) is 0.0435. The molecule has 0 aliphatic rings. The molecule has 32 heavy (non-hydrogen) atoms. The fourth-order valence-corrected chi connectivity index (χ4v) is 4.25. The van der Waals surface area contributed by atoms with E-state index in [0.717, 1.165) is 16.7 Å². The molecule has 0 saturated heterocycles. The predicted molar refractivity (Wildman–Crippen MR) is 123 cm³/mol. The van der Waals surface area contributed by atoms with E-state index >= 15 is 0 Å². The largest absolute Gasteiger partial charge is 0.298 e. The highest BCUT2D eigenvalue weighted by atomic mass is 32.2. The zero-order chi connectivity index (χ0) is 22.5. The maximum Gasteiger partial charge on any atom is 0.290 e. The van der Waals surface area contributed by atoms with E-state index in [4.69, 9.17) is 6.57 Å². The molecule has 1 amide bonds. The van der Waals surface area contributed by atoms with Gasteiger partial charge in [0.25, 0.3) is 11.7 Å². The minimum absolute atomic E-state index is 0.0336. The molecule has 0 saturated carbocycles. The lowest BCUT2D eigenvalue weighted by atomic mass is 10.0. The van der Waals surface area contributed by atoms with Crippen LogP contribution in [-0.2, 0) is 0 Å². The second kappa shape index (κ2) is 9.68. The van der Waals surface area contributed by atoms with E-state index in [1.807, 2.05) is 41.8 Å². The van der Waals surface area contributed by atoms with Gasteiger partial charge in [0, 0.05) is 17.1 Å². The minimum Gasteiger partial charge on any atom is -0.298 e. The number of benzene rings is 2. The number of rotatable bonds is 6. The van der Waals surface area contributed by atoms with Gasteiger partial charge in [-0.1, -0.05) is 42.5 Å². The Hall–Kier alpha value is -3.61. The Kier molecular flexibility index (Phi) is 6.54. The molecule has 0 radical (unpaired) electrons. The molecule has 0 aliphatic carbocycles. The second-order valence-corrected chi connectivity index (χ2v) is 8.30. The lowest BCUT2D eigenvalue weighted by Crippen LogP contribution is -2.13. The molecule has 2 aromatic heterocycles. The smallest absolute Gasteiger partial charge is 0.290 e. The predicted octanol–water partition coefficient (Wildman–Crippen LogP) is 6.99. The summed E-state index contributed by atoms with van der Waals surface area (Å²) in [5.74, 6) is -3.22. The standard InChI is InChI=1S/C23H14F2N4OS2/c1-26-17-9-7-14(8-10-17)15-4-2-5-16(12-15)19-13-31-23(28-19)29-20(30)18-6-3-11-27-21(18)32-22(24)25/h2-13,22H,(H,28,29,30). The van der Waals surface area contributed by atoms with Crippen molar-refractivity contribution < 1.29 is 13.6 Å². The molecule has 5 nitrogen and oxygen atoms in total. The number of nitrogens with zero attached hydrogens (tertiary/aromatic N) is 3. The maximum absolute atomic E-state index is 12.7. The van der Waals surface area contributed by atoms with Crippen LogP contribution in [0.3, 0.4) is 0 Å². The number of carbonyl (C=O) groups excluding carboxylic acids is 1. The molecule has 0 aliphatic heterocycles. The normalized spacial score (nSPS) is 10.7. The number of thioether (sulfide) groups is 1. The van der Waals surface area contributed by atoms with E-state index < -0.39 is 11.7 Å². The van der Waals surface area contributed by atoms with E-state index in [2.05, 4.69) is 20.1 Å². The Bertz CT molecular complexity index is 1300. The Morgan fingerprint density at radius 1 is 1.06 bits per heavy atom. The van der Waals surface area contributed by atoms with E-state index in [0.29, 0.717) is 16.5 Å². The summed E-state index contributed by atoms with van der Waals surface area (Å²) in [5.41, 5.74) is 4.14. The van der Waals surface area contributed by atoms with Gasteiger partial charge in [0.05, 0.1) is 17.8 Å². The Balaban J connectivity index is 1.53. The van der Waals surface area contributed by atoms with Crippen molar-refractivity contribution >= 4 is 39.8 Å². The number of hydrogen-bond donors (Lipinski definition) is 1. The van der Waals surface area contributed by atoms with Crippen molar-refractivity contribution in [2.75, 3.05) is 5.32 Å². The molecule has 0 unspecified atom stereocenters. The Morgan fingerprint density at radius 3 is 2.59 bits per heavy atom. The average molecular weight is 465 g/mol. The quantitative estimate of drug-likeness (QED) is 0.247. The average Bonchev–Trinajstić information content (AvgIpc) is 3.27. The molecule has 9 heteroatoms. The monoisotopic (exact) mass is 464 g/mol. The lowest BCUT2D eigenvalue weighted by Gasteiger charge is -2.07. The molecule has 0 spiro atoms. The highest BCUT2D eigenvalue weighted by Crippen LogP contribution is 2.31. The van der Waals surface area contributed by atoms with Crippen molar-refractivity contribution in [1.82, 2.24) is 9.97 Å². The van der Waals surface area contributed by atoms with Gasteiger partial charge in [-0.05, 0) is 41.1 Å². The van der Waals surface area contributed by atoms with E-state index in [1.165, 1.54) is 29.7 Å². The van der Waals surface area contributed by atoms with Gasteiger partial charge >= 0.3 is 0 Å². The van der Waals surface area contributed by atoms with Gasteiger partial charge in [-0.25, -0.2) is 14.8 Å². The van der Waals surface area contributed by atoms with Crippen LogP contribution in [0.2, 0.25) is 0 Å². The Morgan fingerprint density at radius 2 is 1.84 bits per heavy atom. The minimum atomic E-state index is -2.67. The molecule has 4 aromatic rings. The highest BCUT2D eigenvalue weighted by Gasteiger charge is 2.18. The summed E-state index contributed by atoms with van der Waals surface area (Å²) < 4.78 is 25.5. The van der Waals surface area contributed by atoms with Crippen molar-refractivity contribution in [2.24, 2.45) is 0 Å². The molecule has 0 atom stereocenters. The van der Waals surface area contributed by atoms with E-state index in [9.17, 15) is 13.6 Å². The fourth-order valence-electron chi connectivity index (χ4n) is 2.96. The first-order chi connectivity index (χ1) is 15.5. The summed E-state index contributed by atoms with van der Waals surface area (Å²) in [6.07, 6.45) is 1.37. The summed E-state index contributed by atoms with van der Waals surface area (Å²) in [6, 6.07) is 18.1. The van der Waals surface area contributed by atoms with E-state index in [-0.39, 0.29) is 22.4 Å².